The Balaban J connectivity index is 1.39. The Kier molecular flexibility index (Phi) is 5.46. The van der Waals surface area contributed by atoms with Crippen LogP contribution in [-0.2, 0) is 11.2 Å². The maximum Gasteiger partial charge on any atom is 0.220 e. The van der Waals surface area contributed by atoms with Crippen molar-refractivity contribution in [2.45, 2.75) is 44.9 Å². The van der Waals surface area contributed by atoms with Gasteiger partial charge in [0.2, 0.25) is 5.91 Å². The van der Waals surface area contributed by atoms with E-state index in [1.165, 1.54) is 25.7 Å². The summed E-state index contributed by atoms with van der Waals surface area (Å²) in [5.74, 6) is 0.970. The molecule has 23 heavy (non-hydrogen) atoms. The quantitative estimate of drug-likeness (QED) is 0.850. The first-order chi connectivity index (χ1) is 11.3. The van der Waals surface area contributed by atoms with E-state index >= 15 is 0 Å². The second-order valence-corrected chi connectivity index (χ2v) is 6.42. The highest BCUT2D eigenvalue weighted by molar-refractivity contribution is 5.75. The summed E-state index contributed by atoms with van der Waals surface area (Å²) in [6.07, 6.45) is 11.8. The molecule has 1 aliphatic rings. The van der Waals surface area contributed by atoms with Crippen LogP contribution in [0.15, 0.2) is 42.7 Å². The molecule has 1 saturated carbocycles. The molecule has 0 saturated heterocycles. The van der Waals surface area contributed by atoms with Gasteiger partial charge < -0.3 is 5.32 Å². The van der Waals surface area contributed by atoms with Crippen LogP contribution < -0.4 is 5.32 Å². The van der Waals surface area contributed by atoms with Gasteiger partial charge in [-0.05, 0) is 36.5 Å². The van der Waals surface area contributed by atoms with E-state index in [4.69, 9.17) is 0 Å². The smallest absolute Gasteiger partial charge is 0.220 e. The maximum atomic E-state index is 11.9. The number of nitrogens with zero attached hydrogens (tertiary/aromatic N) is 2. The first-order valence-electron chi connectivity index (χ1n) is 8.67. The summed E-state index contributed by atoms with van der Waals surface area (Å²) >= 11 is 0. The van der Waals surface area contributed by atoms with E-state index in [-0.39, 0.29) is 5.91 Å². The highest BCUT2D eigenvalue weighted by Gasteiger charge is 2.15. The zero-order chi connectivity index (χ0) is 15.9. The Morgan fingerprint density at radius 2 is 2.00 bits per heavy atom. The number of amides is 1. The second-order valence-electron chi connectivity index (χ2n) is 6.42. The Hall–Kier alpha value is -2.10. The number of nitrogens with one attached hydrogen (secondary N) is 1. The Bertz CT molecular complexity index is 615. The first kappa shape index (κ1) is 15.8. The van der Waals surface area contributed by atoms with Gasteiger partial charge in [0.25, 0.3) is 0 Å². The summed E-state index contributed by atoms with van der Waals surface area (Å²) in [6, 6.07) is 10.1. The molecule has 1 fully saturated rings. The van der Waals surface area contributed by atoms with E-state index in [0.29, 0.717) is 13.0 Å². The summed E-state index contributed by atoms with van der Waals surface area (Å²) < 4.78 is 1.87. The van der Waals surface area contributed by atoms with Gasteiger partial charge in [0.15, 0.2) is 0 Å². The van der Waals surface area contributed by atoms with E-state index in [0.717, 1.165) is 30.0 Å². The van der Waals surface area contributed by atoms with E-state index in [1.807, 2.05) is 47.4 Å². The van der Waals surface area contributed by atoms with Gasteiger partial charge in [0.05, 0.1) is 11.9 Å². The number of carbonyl (C=O) groups is 1. The second kappa shape index (κ2) is 7.95. The van der Waals surface area contributed by atoms with Crippen molar-refractivity contribution in [2.24, 2.45) is 5.92 Å². The predicted molar refractivity (Wildman–Crippen MR) is 91.5 cm³/mol. The summed E-state index contributed by atoms with van der Waals surface area (Å²) in [7, 11) is 0. The van der Waals surface area contributed by atoms with E-state index in [2.05, 4.69) is 10.4 Å². The minimum Gasteiger partial charge on any atom is -0.356 e. The number of benzene rings is 1. The van der Waals surface area contributed by atoms with Gasteiger partial charge in [-0.15, -0.1) is 0 Å². The molecular weight excluding hydrogens is 286 g/mol. The number of carbonyl (C=O) groups excluding carboxylic acids is 1. The molecule has 0 radical (unpaired) electrons. The molecule has 122 valence electrons. The van der Waals surface area contributed by atoms with Crippen LogP contribution in [0.1, 0.15) is 44.1 Å². The van der Waals surface area contributed by atoms with Crippen LogP contribution in [0.3, 0.4) is 0 Å². The van der Waals surface area contributed by atoms with Crippen molar-refractivity contribution in [1.82, 2.24) is 15.1 Å². The van der Waals surface area contributed by atoms with Crippen LogP contribution in [-0.4, -0.2) is 22.2 Å². The molecule has 1 aromatic heterocycles. The lowest BCUT2D eigenvalue weighted by atomic mass is 10.0. The average molecular weight is 311 g/mol. The molecule has 0 bridgehead atoms. The van der Waals surface area contributed by atoms with Crippen LogP contribution in [0.4, 0.5) is 0 Å². The van der Waals surface area contributed by atoms with Gasteiger partial charge in [-0.2, -0.15) is 5.10 Å². The summed E-state index contributed by atoms with van der Waals surface area (Å²) in [6.45, 7) is 0.685. The van der Waals surface area contributed by atoms with Gasteiger partial charge in [-0.3, -0.25) is 4.79 Å². The molecule has 1 aliphatic carbocycles. The molecule has 4 nitrogen and oxygen atoms in total. The third kappa shape index (κ3) is 4.68. The van der Waals surface area contributed by atoms with Gasteiger partial charge in [0, 0.05) is 19.2 Å². The molecular formula is C19H25N3O. The lowest BCUT2D eigenvalue weighted by Gasteiger charge is -2.08. The van der Waals surface area contributed by atoms with Crippen molar-refractivity contribution in [2.75, 3.05) is 6.54 Å². The molecule has 0 aliphatic heterocycles. The molecule has 0 spiro atoms. The molecule has 1 amide bonds. The highest BCUT2D eigenvalue weighted by Crippen LogP contribution is 2.28. The molecule has 1 aromatic carbocycles. The summed E-state index contributed by atoms with van der Waals surface area (Å²) in [4.78, 5) is 11.9. The number of para-hydroxylation sites is 1. The predicted octanol–water partition coefficient (Wildman–Crippen LogP) is 3.50. The van der Waals surface area contributed by atoms with E-state index in [1.54, 1.807) is 0 Å². The molecule has 1 heterocycles. The van der Waals surface area contributed by atoms with Crippen molar-refractivity contribution < 1.29 is 4.79 Å². The average Bonchev–Trinajstić information content (AvgIpc) is 3.26. The monoisotopic (exact) mass is 311 g/mol. The summed E-state index contributed by atoms with van der Waals surface area (Å²) in [5, 5.41) is 7.40. The standard InChI is InChI=1S/C19H25N3O/c23-19(11-10-16-6-4-5-7-16)20-13-12-17-14-21-22(15-17)18-8-2-1-3-9-18/h1-3,8-9,14-16H,4-7,10-13H2,(H,20,23). The molecule has 2 aromatic rings. The normalized spacial score (nSPS) is 15.0. The number of rotatable bonds is 7. The van der Waals surface area contributed by atoms with Gasteiger partial charge in [-0.25, -0.2) is 4.68 Å². The van der Waals surface area contributed by atoms with Crippen LogP contribution in [0, 0.1) is 5.92 Å². The van der Waals surface area contributed by atoms with Crippen molar-refractivity contribution in [3.63, 3.8) is 0 Å². The van der Waals surface area contributed by atoms with E-state index < -0.39 is 0 Å². The van der Waals surface area contributed by atoms with Crippen molar-refractivity contribution in [3.05, 3.63) is 48.3 Å². The van der Waals surface area contributed by atoms with Crippen molar-refractivity contribution in [3.8, 4) is 5.69 Å². The third-order valence-electron chi connectivity index (χ3n) is 4.65. The fourth-order valence-corrected chi connectivity index (χ4v) is 3.28. The Morgan fingerprint density at radius 1 is 1.22 bits per heavy atom. The molecule has 1 N–H and O–H groups in total. The molecule has 3 rings (SSSR count). The number of aromatic nitrogens is 2. The van der Waals surface area contributed by atoms with Gasteiger partial charge >= 0.3 is 0 Å². The fourth-order valence-electron chi connectivity index (χ4n) is 3.28. The molecule has 4 heteroatoms. The van der Waals surface area contributed by atoms with Crippen molar-refractivity contribution in [1.29, 1.82) is 0 Å². The van der Waals surface area contributed by atoms with Gasteiger partial charge in [-0.1, -0.05) is 43.9 Å². The first-order valence-corrected chi connectivity index (χ1v) is 8.67. The largest absolute Gasteiger partial charge is 0.356 e. The molecule has 0 unspecified atom stereocenters. The lowest BCUT2D eigenvalue weighted by Crippen LogP contribution is -2.25. The highest BCUT2D eigenvalue weighted by atomic mass is 16.1. The summed E-state index contributed by atoms with van der Waals surface area (Å²) in [5.41, 5.74) is 2.20. The van der Waals surface area contributed by atoms with E-state index in [9.17, 15) is 4.79 Å². The number of hydrogen-bond acceptors (Lipinski definition) is 2. The minimum atomic E-state index is 0.187. The Labute approximate surface area is 137 Å². The van der Waals surface area contributed by atoms with Crippen LogP contribution >= 0.6 is 0 Å². The van der Waals surface area contributed by atoms with Crippen LogP contribution in [0.5, 0.6) is 0 Å². The fraction of sp³-hybridized carbons (Fsp3) is 0.474. The zero-order valence-corrected chi connectivity index (χ0v) is 13.6. The maximum absolute atomic E-state index is 11.9. The van der Waals surface area contributed by atoms with Gasteiger partial charge in [0.1, 0.15) is 0 Å². The lowest BCUT2D eigenvalue weighted by molar-refractivity contribution is -0.121. The Morgan fingerprint density at radius 3 is 2.78 bits per heavy atom. The zero-order valence-electron chi connectivity index (χ0n) is 13.6. The minimum absolute atomic E-state index is 0.187. The van der Waals surface area contributed by atoms with Crippen LogP contribution in [0.2, 0.25) is 0 Å². The SMILES string of the molecule is O=C(CCC1CCCC1)NCCc1cnn(-c2ccccc2)c1. The topological polar surface area (TPSA) is 46.9 Å². The third-order valence-corrected chi connectivity index (χ3v) is 4.65. The molecule has 0 atom stereocenters. The van der Waals surface area contributed by atoms with Crippen molar-refractivity contribution >= 4 is 5.91 Å². The van der Waals surface area contributed by atoms with Crippen LogP contribution in [0.25, 0.3) is 5.69 Å². The number of hydrogen-bond donors (Lipinski definition) is 1.